The molecule has 2 saturated heterocycles. The third kappa shape index (κ3) is 2.79. The van der Waals surface area contributed by atoms with Crippen LogP contribution in [0.1, 0.15) is 11.4 Å². The number of thiazole rings is 1. The fourth-order valence-electron chi connectivity index (χ4n) is 3.49. The van der Waals surface area contributed by atoms with E-state index in [4.69, 9.17) is 0 Å². The van der Waals surface area contributed by atoms with Crippen LogP contribution in [-0.2, 0) is 11.2 Å². The van der Waals surface area contributed by atoms with Crippen LogP contribution in [0.15, 0.2) is 22.7 Å². The topological polar surface area (TPSA) is 45.2 Å². The monoisotopic (exact) mass is 379 g/mol. The summed E-state index contributed by atoms with van der Waals surface area (Å²) < 4.78 is 2.23. The molecule has 3 heterocycles. The Morgan fingerprint density at radius 1 is 1.36 bits per heavy atom. The third-order valence-corrected chi connectivity index (χ3v) is 6.28. The molecule has 0 bridgehead atoms. The van der Waals surface area contributed by atoms with E-state index in [0.717, 1.165) is 47.6 Å². The van der Waals surface area contributed by atoms with E-state index >= 15 is 0 Å². The maximum atomic E-state index is 12.4. The summed E-state index contributed by atoms with van der Waals surface area (Å²) in [6.45, 7) is 4.01. The highest BCUT2D eigenvalue weighted by Crippen LogP contribution is 2.28. The fourth-order valence-corrected chi connectivity index (χ4v) is 4.78. The maximum Gasteiger partial charge on any atom is 0.223 e. The number of carbonyl (C=O) groups excluding carboxylic acids is 1. The van der Waals surface area contributed by atoms with Crippen molar-refractivity contribution in [2.24, 2.45) is 11.8 Å². The molecule has 2 atom stereocenters. The molecular weight excluding hydrogens is 362 g/mol. The van der Waals surface area contributed by atoms with E-state index in [1.54, 1.807) is 11.3 Å². The average molecular weight is 380 g/mol. The largest absolute Gasteiger partial charge is 0.342 e. The van der Waals surface area contributed by atoms with Crippen LogP contribution in [0.3, 0.4) is 0 Å². The maximum absolute atomic E-state index is 12.4. The number of fused-ring (bicyclic) bond motifs is 2. The lowest BCUT2D eigenvalue weighted by atomic mass is 10.0. The van der Waals surface area contributed by atoms with Gasteiger partial charge in [0.05, 0.1) is 15.2 Å². The number of nitrogens with zero attached hydrogens (tertiary/aromatic N) is 2. The number of benzene rings is 1. The van der Waals surface area contributed by atoms with Gasteiger partial charge in [-0.25, -0.2) is 4.98 Å². The summed E-state index contributed by atoms with van der Waals surface area (Å²) in [4.78, 5) is 19.1. The molecule has 0 unspecified atom stereocenters. The van der Waals surface area contributed by atoms with Crippen molar-refractivity contribution >= 4 is 43.4 Å². The summed E-state index contributed by atoms with van der Waals surface area (Å²) in [5.41, 5.74) is 1.02. The molecule has 1 amide bonds. The Balaban J connectivity index is 1.38. The van der Waals surface area contributed by atoms with Gasteiger partial charge < -0.3 is 10.2 Å². The first kappa shape index (κ1) is 14.6. The Hall–Kier alpha value is -0.980. The smallest absolute Gasteiger partial charge is 0.223 e. The van der Waals surface area contributed by atoms with Gasteiger partial charge in [0.1, 0.15) is 0 Å². The second-order valence-corrected chi connectivity index (χ2v) is 8.23. The van der Waals surface area contributed by atoms with Crippen LogP contribution in [0.25, 0.3) is 10.2 Å². The van der Waals surface area contributed by atoms with E-state index in [1.165, 1.54) is 4.70 Å². The summed E-state index contributed by atoms with van der Waals surface area (Å²) in [5, 5.41) is 4.47. The highest BCUT2D eigenvalue weighted by atomic mass is 79.9. The molecule has 4 rings (SSSR count). The van der Waals surface area contributed by atoms with Crippen LogP contribution in [-0.4, -0.2) is 42.0 Å². The average Bonchev–Trinajstić information content (AvgIpc) is 3.17. The zero-order valence-corrected chi connectivity index (χ0v) is 14.6. The van der Waals surface area contributed by atoms with Crippen molar-refractivity contribution in [3.05, 3.63) is 27.7 Å². The molecule has 1 N–H and O–H groups in total. The van der Waals surface area contributed by atoms with Gasteiger partial charge in [0.15, 0.2) is 0 Å². The molecule has 0 aliphatic carbocycles. The zero-order valence-electron chi connectivity index (χ0n) is 12.2. The molecule has 4 nitrogen and oxygen atoms in total. The van der Waals surface area contributed by atoms with E-state index in [-0.39, 0.29) is 5.91 Å². The van der Waals surface area contributed by atoms with Crippen LogP contribution in [0, 0.1) is 11.8 Å². The quantitative estimate of drug-likeness (QED) is 0.891. The van der Waals surface area contributed by atoms with Gasteiger partial charge in [0, 0.05) is 43.5 Å². The summed E-state index contributed by atoms with van der Waals surface area (Å²) in [6.07, 6.45) is 1.33. The molecule has 0 spiro atoms. The van der Waals surface area contributed by atoms with Crippen LogP contribution in [0.2, 0.25) is 0 Å². The van der Waals surface area contributed by atoms with E-state index in [2.05, 4.69) is 37.2 Å². The molecule has 1 aromatic carbocycles. The predicted molar refractivity (Wildman–Crippen MR) is 92.1 cm³/mol. The first-order chi connectivity index (χ1) is 10.7. The van der Waals surface area contributed by atoms with Gasteiger partial charge >= 0.3 is 0 Å². The van der Waals surface area contributed by atoms with Gasteiger partial charge in [0.2, 0.25) is 5.91 Å². The summed E-state index contributed by atoms with van der Waals surface area (Å²) in [5.74, 6) is 1.63. The second kappa shape index (κ2) is 5.91. The minimum Gasteiger partial charge on any atom is -0.342 e. The van der Waals surface area contributed by atoms with Gasteiger partial charge in [0.25, 0.3) is 0 Å². The molecule has 0 radical (unpaired) electrons. The van der Waals surface area contributed by atoms with Gasteiger partial charge in [-0.05, 0) is 30.0 Å². The number of nitrogens with one attached hydrogen (secondary N) is 1. The number of halogens is 1. The van der Waals surface area contributed by atoms with Crippen molar-refractivity contribution < 1.29 is 4.79 Å². The van der Waals surface area contributed by atoms with Crippen LogP contribution >= 0.6 is 27.3 Å². The van der Waals surface area contributed by atoms with Crippen molar-refractivity contribution in [1.29, 1.82) is 0 Å². The Labute approximate surface area is 142 Å². The van der Waals surface area contributed by atoms with Crippen molar-refractivity contribution in [2.45, 2.75) is 12.8 Å². The number of hydrogen-bond donors (Lipinski definition) is 1. The number of rotatable bonds is 3. The van der Waals surface area contributed by atoms with Crippen LogP contribution in [0.5, 0.6) is 0 Å². The Morgan fingerprint density at radius 2 is 2.14 bits per heavy atom. The number of likely N-dealkylation sites (tertiary alicyclic amines) is 1. The first-order valence-corrected chi connectivity index (χ1v) is 9.33. The lowest BCUT2D eigenvalue weighted by Crippen LogP contribution is -2.31. The third-order valence-electron chi connectivity index (χ3n) is 4.69. The molecule has 2 aromatic rings. The number of carbonyl (C=O) groups is 1. The Bertz CT molecular complexity index is 704. The molecule has 1 aromatic heterocycles. The van der Waals surface area contributed by atoms with E-state index in [0.29, 0.717) is 18.3 Å². The predicted octanol–water partition coefficient (Wildman–Crippen LogP) is 2.67. The first-order valence-electron chi connectivity index (χ1n) is 7.72. The van der Waals surface area contributed by atoms with Crippen molar-refractivity contribution in [3.8, 4) is 0 Å². The molecule has 0 saturated carbocycles. The molecular formula is C16H18BrN3OS. The molecule has 22 heavy (non-hydrogen) atoms. The Morgan fingerprint density at radius 3 is 2.91 bits per heavy atom. The van der Waals surface area contributed by atoms with Crippen molar-refractivity contribution in [3.63, 3.8) is 0 Å². The molecule has 6 heteroatoms. The highest BCUT2D eigenvalue weighted by molar-refractivity contribution is 9.10. The summed E-state index contributed by atoms with van der Waals surface area (Å²) >= 11 is 5.17. The van der Waals surface area contributed by atoms with Gasteiger partial charge in [-0.1, -0.05) is 15.9 Å². The number of amides is 1. The standard InChI is InChI=1S/C16H18BrN3OS/c17-12-1-2-14-13(5-12)19-15(22-14)3-4-16(21)20-8-10-6-18-7-11(10)9-20/h1-2,5,10-11,18H,3-4,6-9H2/t10-,11+. The number of hydrogen-bond acceptors (Lipinski definition) is 4. The molecule has 116 valence electrons. The van der Waals surface area contributed by atoms with E-state index in [9.17, 15) is 4.79 Å². The lowest BCUT2D eigenvalue weighted by Gasteiger charge is -2.17. The van der Waals surface area contributed by atoms with Crippen molar-refractivity contribution in [2.75, 3.05) is 26.2 Å². The highest BCUT2D eigenvalue weighted by Gasteiger charge is 2.37. The van der Waals surface area contributed by atoms with Crippen LogP contribution < -0.4 is 5.32 Å². The fraction of sp³-hybridized carbons (Fsp3) is 0.500. The van der Waals surface area contributed by atoms with E-state index < -0.39 is 0 Å². The molecule has 2 fully saturated rings. The minimum atomic E-state index is 0.287. The minimum absolute atomic E-state index is 0.287. The SMILES string of the molecule is O=C(CCc1nc2cc(Br)ccc2s1)N1C[C@H]2CNC[C@H]2C1. The number of aryl methyl sites for hydroxylation is 1. The molecule has 2 aliphatic heterocycles. The molecule has 2 aliphatic rings. The van der Waals surface area contributed by atoms with Gasteiger partial charge in [-0.15, -0.1) is 11.3 Å². The number of aromatic nitrogens is 1. The van der Waals surface area contributed by atoms with Crippen molar-refractivity contribution in [1.82, 2.24) is 15.2 Å². The lowest BCUT2D eigenvalue weighted by molar-refractivity contribution is -0.130. The van der Waals surface area contributed by atoms with Gasteiger partial charge in [-0.2, -0.15) is 0 Å². The van der Waals surface area contributed by atoms with E-state index in [1.807, 2.05) is 12.1 Å². The van der Waals surface area contributed by atoms with Gasteiger partial charge in [-0.3, -0.25) is 4.79 Å². The summed E-state index contributed by atoms with van der Waals surface area (Å²) in [7, 11) is 0. The Kier molecular flexibility index (Phi) is 3.92. The zero-order chi connectivity index (χ0) is 15.1. The normalized spacial score (nSPS) is 24.1. The van der Waals surface area contributed by atoms with Crippen LogP contribution in [0.4, 0.5) is 0 Å². The second-order valence-electron chi connectivity index (χ2n) is 6.20. The summed E-state index contributed by atoms with van der Waals surface area (Å²) in [6, 6.07) is 6.15.